The molecule has 0 aliphatic heterocycles. The Morgan fingerprint density at radius 3 is 2.42 bits per heavy atom. The fraction of sp³-hybridized carbons (Fsp3) is 0.286. The van der Waals surface area contributed by atoms with E-state index in [1.807, 2.05) is 32.0 Å². The van der Waals surface area contributed by atoms with E-state index in [9.17, 15) is 13.2 Å². The Morgan fingerprint density at radius 1 is 1.10 bits per heavy atom. The number of primary amides is 1. The molecule has 0 unspecified atom stereocenters. The van der Waals surface area contributed by atoms with E-state index in [-0.39, 0.29) is 24.0 Å². The summed E-state index contributed by atoms with van der Waals surface area (Å²) in [5.41, 5.74) is 6.76. The Labute approximate surface area is 186 Å². The first-order valence-electron chi connectivity index (χ1n) is 9.68. The van der Waals surface area contributed by atoms with Crippen molar-refractivity contribution in [2.24, 2.45) is 11.7 Å². The molecule has 1 aromatic heterocycles. The molecule has 0 aliphatic rings. The van der Waals surface area contributed by atoms with Crippen LogP contribution in [0.5, 0.6) is 0 Å². The molecule has 31 heavy (non-hydrogen) atoms. The number of rotatable bonds is 9. The largest absolute Gasteiger partial charge is 0.368 e. The first-order chi connectivity index (χ1) is 14.6. The van der Waals surface area contributed by atoms with Crippen molar-refractivity contribution in [2.75, 3.05) is 5.32 Å². The molecule has 0 bridgehead atoms. The zero-order valence-corrected chi connectivity index (χ0v) is 18.7. The predicted octanol–water partition coefficient (Wildman–Crippen LogP) is 2.82. The van der Waals surface area contributed by atoms with Crippen LogP contribution in [0.2, 0.25) is 5.02 Å². The predicted molar refractivity (Wildman–Crippen MR) is 122 cm³/mol. The normalized spacial score (nSPS) is 12.8. The second-order valence-electron chi connectivity index (χ2n) is 7.48. The summed E-state index contributed by atoms with van der Waals surface area (Å²) in [6.07, 6.45) is 0. The van der Waals surface area contributed by atoms with E-state index in [0.717, 1.165) is 0 Å². The van der Waals surface area contributed by atoms with E-state index in [4.69, 9.17) is 17.3 Å². The van der Waals surface area contributed by atoms with E-state index in [1.165, 1.54) is 0 Å². The monoisotopic (exact) mass is 461 g/mol. The Kier molecular flexibility index (Phi) is 7.09. The maximum Gasteiger partial charge on any atom is 0.240 e. The van der Waals surface area contributed by atoms with Crippen molar-refractivity contribution >= 4 is 44.3 Å². The van der Waals surface area contributed by atoms with Crippen molar-refractivity contribution in [3.8, 4) is 0 Å². The van der Waals surface area contributed by atoms with Gasteiger partial charge in [0.15, 0.2) is 0 Å². The number of carbonyl (C=O) groups is 1. The average molecular weight is 462 g/mol. The van der Waals surface area contributed by atoms with Crippen LogP contribution < -0.4 is 15.8 Å². The van der Waals surface area contributed by atoms with Gasteiger partial charge in [0.25, 0.3) is 0 Å². The smallest absolute Gasteiger partial charge is 0.240 e. The third-order valence-corrected chi connectivity index (χ3v) is 6.18. The van der Waals surface area contributed by atoms with Gasteiger partial charge in [-0.25, -0.2) is 23.1 Å². The molecule has 1 heterocycles. The summed E-state index contributed by atoms with van der Waals surface area (Å²) in [5.74, 6) is -0.0572. The molecular weight excluding hydrogens is 438 g/mol. The summed E-state index contributed by atoms with van der Waals surface area (Å²) in [7, 11) is -3.63. The van der Waals surface area contributed by atoms with Crippen molar-refractivity contribution in [3.05, 3.63) is 64.9 Å². The maximum absolute atomic E-state index is 12.5. The average Bonchev–Trinajstić information content (AvgIpc) is 2.71. The molecule has 0 radical (unpaired) electrons. The lowest BCUT2D eigenvalue weighted by Gasteiger charge is -2.21. The summed E-state index contributed by atoms with van der Waals surface area (Å²) in [5, 5.41) is 4.33. The van der Waals surface area contributed by atoms with Gasteiger partial charge in [-0.2, -0.15) is 0 Å². The van der Waals surface area contributed by atoms with Crippen LogP contribution in [-0.2, 0) is 27.1 Å². The second kappa shape index (κ2) is 9.59. The highest BCUT2D eigenvalue weighted by atomic mass is 35.5. The SMILES string of the molecule is CC(C)[C@H](Nc1nc(CNS(=O)(=O)Cc2ccc(Cl)cc2)nc2ccccc12)C(N)=O. The van der Waals surface area contributed by atoms with Crippen molar-refractivity contribution in [2.45, 2.75) is 32.2 Å². The fourth-order valence-corrected chi connectivity index (χ4v) is 4.26. The molecule has 0 saturated heterocycles. The van der Waals surface area contributed by atoms with Gasteiger partial charge in [-0.1, -0.05) is 49.7 Å². The molecule has 3 rings (SSSR count). The quantitative estimate of drug-likeness (QED) is 0.449. The van der Waals surface area contributed by atoms with Crippen molar-refractivity contribution < 1.29 is 13.2 Å². The first-order valence-corrected chi connectivity index (χ1v) is 11.7. The Balaban J connectivity index is 1.83. The molecule has 164 valence electrons. The van der Waals surface area contributed by atoms with Crippen LogP contribution in [0.1, 0.15) is 25.2 Å². The summed E-state index contributed by atoms with van der Waals surface area (Å²) in [6, 6.07) is 13.2. The van der Waals surface area contributed by atoms with E-state index in [0.29, 0.717) is 27.3 Å². The highest BCUT2D eigenvalue weighted by Crippen LogP contribution is 2.22. The molecule has 0 saturated carbocycles. The van der Waals surface area contributed by atoms with Crippen LogP contribution in [0.25, 0.3) is 10.9 Å². The number of nitrogens with zero attached hydrogens (tertiary/aromatic N) is 2. The van der Waals surface area contributed by atoms with Gasteiger partial charge in [0, 0.05) is 10.4 Å². The number of carbonyl (C=O) groups excluding carboxylic acids is 1. The molecule has 10 heteroatoms. The van der Waals surface area contributed by atoms with Gasteiger partial charge in [0.2, 0.25) is 15.9 Å². The van der Waals surface area contributed by atoms with Crippen LogP contribution in [-0.4, -0.2) is 30.3 Å². The van der Waals surface area contributed by atoms with Crippen LogP contribution in [0.4, 0.5) is 5.82 Å². The number of anilines is 1. The topological polar surface area (TPSA) is 127 Å². The number of fused-ring (bicyclic) bond motifs is 1. The van der Waals surface area contributed by atoms with E-state index in [1.54, 1.807) is 30.3 Å². The molecular formula is C21H24ClN5O3S. The number of para-hydroxylation sites is 1. The molecule has 0 aliphatic carbocycles. The molecule has 3 aromatic rings. The fourth-order valence-electron chi connectivity index (χ4n) is 3.05. The number of benzene rings is 2. The number of halogens is 1. The summed E-state index contributed by atoms with van der Waals surface area (Å²) < 4.78 is 27.5. The van der Waals surface area contributed by atoms with Gasteiger partial charge >= 0.3 is 0 Å². The van der Waals surface area contributed by atoms with Gasteiger partial charge in [-0.3, -0.25) is 4.79 Å². The third kappa shape index (κ3) is 6.13. The zero-order valence-electron chi connectivity index (χ0n) is 17.2. The molecule has 0 spiro atoms. The molecule has 2 aromatic carbocycles. The lowest BCUT2D eigenvalue weighted by molar-refractivity contribution is -0.119. The van der Waals surface area contributed by atoms with Gasteiger partial charge in [-0.15, -0.1) is 0 Å². The zero-order chi connectivity index (χ0) is 22.6. The van der Waals surface area contributed by atoms with Crippen LogP contribution in [0.15, 0.2) is 48.5 Å². The molecule has 1 amide bonds. The van der Waals surface area contributed by atoms with Crippen LogP contribution in [0, 0.1) is 5.92 Å². The minimum atomic E-state index is -3.63. The Hall–Kier alpha value is -2.75. The van der Waals surface area contributed by atoms with Gasteiger partial charge in [-0.05, 0) is 35.7 Å². The number of nitrogens with two attached hydrogens (primary N) is 1. The number of hydrogen-bond acceptors (Lipinski definition) is 6. The summed E-state index contributed by atoms with van der Waals surface area (Å²) in [4.78, 5) is 20.7. The molecule has 4 N–H and O–H groups in total. The third-order valence-electron chi connectivity index (χ3n) is 4.64. The maximum atomic E-state index is 12.5. The number of amides is 1. The summed E-state index contributed by atoms with van der Waals surface area (Å²) >= 11 is 5.85. The van der Waals surface area contributed by atoms with E-state index < -0.39 is 22.0 Å². The molecule has 0 fully saturated rings. The van der Waals surface area contributed by atoms with Crippen LogP contribution >= 0.6 is 11.6 Å². The van der Waals surface area contributed by atoms with E-state index in [2.05, 4.69) is 20.0 Å². The van der Waals surface area contributed by atoms with Crippen LogP contribution in [0.3, 0.4) is 0 Å². The highest BCUT2D eigenvalue weighted by molar-refractivity contribution is 7.88. The minimum Gasteiger partial charge on any atom is -0.368 e. The van der Waals surface area contributed by atoms with Gasteiger partial charge in [0.05, 0.1) is 17.8 Å². The number of hydrogen-bond donors (Lipinski definition) is 3. The number of sulfonamides is 1. The van der Waals surface area contributed by atoms with Crippen molar-refractivity contribution in [1.29, 1.82) is 0 Å². The molecule has 8 nitrogen and oxygen atoms in total. The lowest BCUT2D eigenvalue weighted by atomic mass is 10.0. The Bertz CT molecular complexity index is 1180. The second-order valence-corrected chi connectivity index (χ2v) is 9.72. The summed E-state index contributed by atoms with van der Waals surface area (Å²) in [6.45, 7) is 3.65. The van der Waals surface area contributed by atoms with E-state index >= 15 is 0 Å². The van der Waals surface area contributed by atoms with Crippen molar-refractivity contribution in [3.63, 3.8) is 0 Å². The first kappa shape index (κ1) is 22.9. The highest BCUT2D eigenvalue weighted by Gasteiger charge is 2.21. The van der Waals surface area contributed by atoms with Crippen molar-refractivity contribution in [1.82, 2.24) is 14.7 Å². The molecule has 1 atom stereocenters. The van der Waals surface area contributed by atoms with Gasteiger partial charge in [0.1, 0.15) is 17.7 Å². The lowest BCUT2D eigenvalue weighted by Crippen LogP contribution is -2.40. The standard InChI is InChI=1S/C21H24ClN5O3S/c1-13(2)19(20(23)28)27-21-16-5-3-4-6-17(16)25-18(26-21)11-24-31(29,30)12-14-7-9-15(22)10-8-14/h3-10,13,19,24H,11-12H2,1-2H3,(H2,23,28)(H,25,26,27)/t19-/m0/s1. The Morgan fingerprint density at radius 2 is 1.77 bits per heavy atom. The van der Waals surface area contributed by atoms with Gasteiger partial charge < -0.3 is 11.1 Å². The number of aromatic nitrogens is 2. The minimum absolute atomic E-state index is 0.0624. The number of nitrogens with one attached hydrogen (secondary N) is 2.